The monoisotopic (exact) mass is 331 g/mol. The molecular formula is C19H17N5O. The van der Waals surface area contributed by atoms with E-state index in [4.69, 9.17) is 0 Å². The van der Waals surface area contributed by atoms with E-state index in [9.17, 15) is 4.79 Å². The van der Waals surface area contributed by atoms with Crippen molar-refractivity contribution in [2.24, 2.45) is 0 Å². The molecule has 2 aromatic heterocycles. The third-order valence-electron chi connectivity index (χ3n) is 4.28. The van der Waals surface area contributed by atoms with Gasteiger partial charge in [-0.2, -0.15) is 4.68 Å². The van der Waals surface area contributed by atoms with Crippen LogP contribution in [0.2, 0.25) is 0 Å². The molecule has 2 heterocycles. The van der Waals surface area contributed by atoms with Crippen LogP contribution in [0.3, 0.4) is 0 Å². The molecule has 4 aromatic rings. The molecule has 4 rings (SSSR count). The van der Waals surface area contributed by atoms with E-state index in [1.54, 1.807) is 15.6 Å². The summed E-state index contributed by atoms with van der Waals surface area (Å²) in [7, 11) is 0. The summed E-state index contributed by atoms with van der Waals surface area (Å²) in [5, 5.41) is 8.15. The zero-order valence-corrected chi connectivity index (χ0v) is 14.0. The van der Waals surface area contributed by atoms with Crippen LogP contribution in [0.1, 0.15) is 16.7 Å². The van der Waals surface area contributed by atoms with Crippen molar-refractivity contribution >= 4 is 11.2 Å². The van der Waals surface area contributed by atoms with Crippen LogP contribution in [0.15, 0.2) is 59.7 Å². The van der Waals surface area contributed by atoms with Crippen molar-refractivity contribution in [3.8, 4) is 5.69 Å². The lowest BCUT2D eigenvalue weighted by Crippen LogP contribution is -2.22. The van der Waals surface area contributed by atoms with Crippen molar-refractivity contribution in [1.29, 1.82) is 0 Å². The zero-order valence-electron chi connectivity index (χ0n) is 14.0. The lowest BCUT2D eigenvalue weighted by Gasteiger charge is -2.09. The van der Waals surface area contributed by atoms with Crippen molar-refractivity contribution in [1.82, 2.24) is 24.5 Å². The summed E-state index contributed by atoms with van der Waals surface area (Å²) in [5.41, 5.74) is 4.78. The predicted octanol–water partition coefficient (Wildman–Crippen LogP) is 2.64. The van der Waals surface area contributed by atoms with Gasteiger partial charge in [-0.15, -0.1) is 5.10 Å². The number of rotatable bonds is 3. The van der Waals surface area contributed by atoms with Gasteiger partial charge in [0, 0.05) is 0 Å². The summed E-state index contributed by atoms with van der Waals surface area (Å²) in [6.45, 7) is 4.55. The Morgan fingerprint density at radius 1 is 1.04 bits per heavy atom. The number of para-hydroxylation sites is 1. The Kier molecular flexibility index (Phi) is 3.65. The molecule has 0 N–H and O–H groups in total. The molecule has 0 spiro atoms. The van der Waals surface area contributed by atoms with E-state index in [2.05, 4.69) is 33.5 Å². The first-order valence-corrected chi connectivity index (χ1v) is 8.06. The van der Waals surface area contributed by atoms with Crippen molar-refractivity contribution < 1.29 is 0 Å². The van der Waals surface area contributed by atoms with Gasteiger partial charge in [0.1, 0.15) is 6.33 Å². The second kappa shape index (κ2) is 5.98. The van der Waals surface area contributed by atoms with E-state index in [1.807, 2.05) is 44.2 Å². The summed E-state index contributed by atoms with van der Waals surface area (Å²) in [5.74, 6) is 0. The average Bonchev–Trinajstić information content (AvgIpc) is 3.06. The fourth-order valence-electron chi connectivity index (χ4n) is 2.85. The van der Waals surface area contributed by atoms with Gasteiger partial charge in [-0.1, -0.05) is 47.2 Å². The van der Waals surface area contributed by atoms with Crippen LogP contribution in [0, 0.1) is 13.8 Å². The quantitative estimate of drug-likeness (QED) is 0.579. The minimum Gasteiger partial charge on any atom is -0.293 e. The first-order valence-electron chi connectivity index (χ1n) is 8.06. The Balaban J connectivity index is 1.79. The molecular weight excluding hydrogens is 314 g/mol. The van der Waals surface area contributed by atoms with Gasteiger partial charge in [-0.3, -0.25) is 9.36 Å². The highest BCUT2D eigenvalue weighted by Crippen LogP contribution is 2.13. The second-order valence-electron chi connectivity index (χ2n) is 6.12. The van der Waals surface area contributed by atoms with Crippen LogP contribution in [0.25, 0.3) is 16.9 Å². The number of hydrogen-bond acceptors (Lipinski definition) is 4. The number of fused-ring (bicyclic) bond motifs is 1. The number of hydrogen-bond donors (Lipinski definition) is 0. The second-order valence-corrected chi connectivity index (χ2v) is 6.12. The average molecular weight is 331 g/mol. The van der Waals surface area contributed by atoms with Gasteiger partial charge in [-0.25, -0.2) is 4.98 Å². The third-order valence-corrected chi connectivity index (χ3v) is 4.28. The summed E-state index contributed by atoms with van der Waals surface area (Å²) in [6, 6.07) is 15.8. The van der Waals surface area contributed by atoms with Crippen LogP contribution in [0.4, 0.5) is 0 Å². The number of nitrogens with zero attached hydrogens (tertiary/aromatic N) is 5. The summed E-state index contributed by atoms with van der Waals surface area (Å²) in [4.78, 5) is 17.2. The van der Waals surface area contributed by atoms with E-state index in [0.717, 1.165) is 22.4 Å². The molecule has 124 valence electrons. The van der Waals surface area contributed by atoms with Gasteiger partial charge in [0.15, 0.2) is 11.2 Å². The van der Waals surface area contributed by atoms with Crippen LogP contribution in [-0.2, 0) is 6.54 Å². The highest BCUT2D eigenvalue weighted by atomic mass is 16.1. The molecule has 0 unspecified atom stereocenters. The van der Waals surface area contributed by atoms with Crippen LogP contribution >= 0.6 is 0 Å². The molecule has 0 aliphatic heterocycles. The minimum atomic E-state index is -0.187. The Morgan fingerprint density at radius 3 is 2.64 bits per heavy atom. The van der Waals surface area contributed by atoms with E-state index < -0.39 is 0 Å². The molecule has 0 radical (unpaired) electrons. The molecule has 0 saturated heterocycles. The molecule has 0 bridgehead atoms. The van der Waals surface area contributed by atoms with Gasteiger partial charge in [-0.05, 0) is 37.1 Å². The Labute approximate surface area is 144 Å². The molecule has 0 aliphatic carbocycles. The fourth-order valence-corrected chi connectivity index (χ4v) is 2.85. The SMILES string of the molecule is Cc1ccc(C)c(Cn2cnc3c(nnn3-c3ccccc3)c2=O)c1. The number of benzene rings is 2. The highest BCUT2D eigenvalue weighted by Gasteiger charge is 2.13. The smallest absolute Gasteiger partial charge is 0.283 e. The standard InChI is InChI=1S/C19H17N5O/c1-13-8-9-14(2)15(10-13)11-23-12-20-18-17(19(23)25)21-22-24(18)16-6-4-3-5-7-16/h3-10,12H,11H2,1-2H3. The lowest BCUT2D eigenvalue weighted by atomic mass is 10.1. The Hall–Kier alpha value is -3.28. The van der Waals surface area contributed by atoms with Gasteiger partial charge in [0.2, 0.25) is 0 Å². The molecule has 6 heteroatoms. The molecule has 25 heavy (non-hydrogen) atoms. The normalized spacial score (nSPS) is 11.1. The molecule has 6 nitrogen and oxygen atoms in total. The molecule has 0 saturated carbocycles. The van der Waals surface area contributed by atoms with Crippen molar-refractivity contribution in [3.63, 3.8) is 0 Å². The number of aromatic nitrogens is 5. The maximum Gasteiger partial charge on any atom is 0.283 e. The summed E-state index contributed by atoms with van der Waals surface area (Å²) in [6.07, 6.45) is 1.56. The predicted molar refractivity (Wildman–Crippen MR) is 95.9 cm³/mol. The summed E-state index contributed by atoms with van der Waals surface area (Å²) >= 11 is 0. The molecule has 0 amide bonds. The van der Waals surface area contributed by atoms with Gasteiger partial charge < -0.3 is 0 Å². The first-order chi connectivity index (χ1) is 12.1. The van der Waals surface area contributed by atoms with Gasteiger partial charge >= 0.3 is 0 Å². The Bertz CT molecular complexity index is 1110. The highest BCUT2D eigenvalue weighted by molar-refractivity contribution is 5.70. The van der Waals surface area contributed by atoms with E-state index >= 15 is 0 Å². The van der Waals surface area contributed by atoms with Crippen LogP contribution < -0.4 is 5.56 Å². The van der Waals surface area contributed by atoms with Crippen molar-refractivity contribution in [2.75, 3.05) is 0 Å². The maximum atomic E-state index is 12.8. The van der Waals surface area contributed by atoms with Gasteiger partial charge in [0.25, 0.3) is 5.56 Å². The first kappa shape index (κ1) is 15.3. The third kappa shape index (κ3) is 2.71. The van der Waals surface area contributed by atoms with E-state index in [0.29, 0.717) is 12.2 Å². The molecule has 2 aromatic carbocycles. The van der Waals surface area contributed by atoms with Crippen molar-refractivity contribution in [2.45, 2.75) is 20.4 Å². The molecule has 0 aliphatic rings. The fraction of sp³-hybridized carbons (Fsp3) is 0.158. The van der Waals surface area contributed by atoms with Crippen LogP contribution in [-0.4, -0.2) is 24.5 Å². The molecule has 0 atom stereocenters. The topological polar surface area (TPSA) is 65.6 Å². The van der Waals surface area contributed by atoms with Crippen molar-refractivity contribution in [3.05, 3.63) is 81.9 Å². The lowest BCUT2D eigenvalue weighted by molar-refractivity contribution is 0.741. The van der Waals surface area contributed by atoms with Gasteiger partial charge in [0.05, 0.1) is 12.2 Å². The zero-order chi connectivity index (χ0) is 17.4. The maximum absolute atomic E-state index is 12.8. The number of aryl methyl sites for hydroxylation is 2. The largest absolute Gasteiger partial charge is 0.293 e. The van der Waals surface area contributed by atoms with E-state index in [1.165, 1.54) is 0 Å². The van der Waals surface area contributed by atoms with Crippen LogP contribution in [0.5, 0.6) is 0 Å². The minimum absolute atomic E-state index is 0.187. The van der Waals surface area contributed by atoms with E-state index in [-0.39, 0.29) is 11.1 Å². The Morgan fingerprint density at radius 2 is 1.84 bits per heavy atom. The summed E-state index contributed by atoms with van der Waals surface area (Å²) < 4.78 is 3.16. The molecule has 0 fully saturated rings.